The number of ether oxygens (including phenoxy) is 1. The highest BCUT2D eigenvalue weighted by molar-refractivity contribution is 7.92. The molecule has 2 saturated carbocycles. The largest absolute Gasteiger partial charge is 0.453 e. The van der Waals surface area contributed by atoms with E-state index in [1.807, 2.05) is 30.3 Å². The average Bonchev–Trinajstić information content (AvgIpc) is 3.77. The molecule has 0 bridgehead atoms. The Balaban J connectivity index is 1.07. The standard InChI is InChI=1S/C33H42N4O4S/c1-41-32(38)35-31-9-5-8-30(31)33(23-34,25-6-3-2-4-7-25)26-16-18-36(19-17-26)20-24-21-37(22-24)27-10-12-28(13-11-27)42(39,40)29-14-15-29/h2-4,6-7,10-13,24,26,29-31H,5,8-9,14-22H2,1H3,(H,35,38)/t30-,31-,33?/m0/s1. The highest BCUT2D eigenvalue weighted by atomic mass is 32.2. The summed E-state index contributed by atoms with van der Waals surface area (Å²) in [6, 6.07) is 20.4. The van der Waals surface area contributed by atoms with E-state index in [0.29, 0.717) is 10.8 Å². The first-order chi connectivity index (χ1) is 20.3. The van der Waals surface area contributed by atoms with Gasteiger partial charge in [0.2, 0.25) is 0 Å². The number of piperidine rings is 1. The molecule has 1 unspecified atom stereocenters. The third kappa shape index (κ3) is 5.51. The second-order valence-corrected chi connectivity index (χ2v) is 14.9. The molecule has 1 N–H and O–H groups in total. The van der Waals surface area contributed by atoms with Gasteiger partial charge in [0.25, 0.3) is 0 Å². The predicted octanol–water partition coefficient (Wildman–Crippen LogP) is 4.76. The van der Waals surface area contributed by atoms with Gasteiger partial charge in [0.05, 0.1) is 28.7 Å². The summed E-state index contributed by atoms with van der Waals surface area (Å²) in [5.41, 5.74) is 1.51. The molecular formula is C33H42N4O4S. The van der Waals surface area contributed by atoms with E-state index in [0.717, 1.165) is 88.9 Å². The number of rotatable bonds is 9. The van der Waals surface area contributed by atoms with Gasteiger partial charge in [0.1, 0.15) is 0 Å². The number of alkyl carbamates (subject to hydrolysis) is 1. The smallest absolute Gasteiger partial charge is 0.407 e. The summed E-state index contributed by atoms with van der Waals surface area (Å²) in [4.78, 5) is 17.5. The number of carbonyl (C=O) groups is 1. The Hall–Kier alpha value is -3.09. The van der Waals surface area contributed by atoms with Gasteiger partial charge in [0.15, 0.2) is 9.84 Å². The molecule has 42 heavy (non-hydrogen) atoms. The number of nitriles is 1. The Labute approximate surface area is 249 Å². The SMILES string of the molecule is COC(=O)N[C@H]1CCC[C@@H]1C(C#N)(c1ccccc1)C1CCN(CC2CN(c3ccc(S(=O)(=O)C4CC4)cc3)C2)CC1. The van der Waals surface area contributed by atoms with Crippen LogP contribution in [0, 0.1) is 29.1 Å². The Morgan fingerprint density at radius 2 is 1.69 bits per heavy atom. The van der Waals surface area contributed by atoms with Crippen LogP contribution < -0.4 is 10.2 Å². The Morgan fingerprint density at radius 1 is 1.00 bits per heavy atom. The molecule has 2 aliphatic heterocycles. The Morgan fingerprint density at radius 3 is 2.31 bits per heavy atom. The van der Waals surface area contributed by atoms with Gasteiger partial charge in [-0.2, -0.15) is 5.26 Å². The van der Waals surface area contributed by atoms with Gasteiger partial charge in [0, 0.05) is 43.2 Å². The number of hydrogen-bond acceptors (Lipinski definition) is 7. The molecule has 0 spiro atoms. The third-order valence-corrected chi connectivity index (χ3v) is 12.5. The van der Waals surface area contributed by atoms with Crippen molar-refractivity contribution in [1.82, 2.24) is 10.2 Å². The monoisotopic (exact) mass is 590 g/mol. The van der Waals surface area contributed by atoms with Crippen LogP contribution in [0.15, 0.2) is 59.5 Å². The van der Waals surface area contributed by atoms with Crippen molar-refractivity contribution in [1.29, 1.82) is 5.26 Å². The van der Waals surface area contributed by atoms with Crippen molar-refractivity contribution in [2.45, 2.75) is 66.5 Å². The molecule has 2 saturated heterocycles. The molecule has 2 aromatic carbocycles. The van der Waals surface area contributed by atoms with Crippen LogP contribution in [0.3, 0.4) is 0 Å². The molecule has 0 aromatic heterocycles. The molecule has 2 aromatic rings. The first-order valence-electron chi connectivity index (χ1n) is 15.5. The maximum atomic E-state index is 12.5. The van der Waals surface area contributed by atoms with Gasteiger partial charge in [-0.05, 0) is 87.4 Å². The molecule has 3 atom stereocenters. The highest BCUT2D eigenvalue weighted by Crippen LogP contribution is 2.50. The summed E-state index contributed by atoms with van der Waals surface area (Å²) in [6.07, 6.45) is 5.84. The first-order valence-corrected chi connectivity index (χ1v) is 17.0. The van der Waals surface area contributed by atoms with Crippen LogP contribution in [0.4, 0.5) is 10.5 Å². The number of nitrogens with one attached hydrogen (secondary N) is 1. The second kappa shape index (κ2) is 11.9. The normalized spacial score (nSPS) is 25.3. The Bertz CT molecular complexity index is 1390. The van der Waals surface area contributed by atoms with E-state index >= 15 is 0 Å². The number of benzene rings is 2. The number of sulfone groups is 1. The summed E-state index contributed by atoms with van der Waals surface area (Å²) in [5.74, 6) is 0.843. The zero-order valence-electron chi connectivity index (χ0n) is 24.5. The molecule has 4 fully saturated rings. The lowest BCUT2D eigenvalue weighted by atomic mass is 9.59. The van der Waals surface area contributed by atoms with Crippen LogP contribution in [0.5, 0.6) is 0 Å². The molecule has 8 nitrogen and oxygen atoms in total. The zero-order chi connectivity index (χ0) is 29.3. The van der Waals surface area contributed by atoms with Crippen molar-refractivity contribution in [2.24, 2.45) is 17.8 Å². The number of methoxy groups -OCH3 is 1. The fourth-order valence-corrected chi connectivity index (χ4v) is 9.50. The van der Waals surface area contributed by atoms with Crippen molar-refractivity contribution in [2.75, 3.05) is 44.7 Å². The second-order valence-electron chi connectivity index (χ2n) is 12.7. The van der Waals surface area contributed by atoms with Gasteiger partial charge in [-0.1, -0.05) is 36.8 Å². The van der Waals surface area contributed by atoms with Crippen LogP contribution in [0.1, 0.15) is 50.5 Å². The van der Waals surface area contributed by atoms with Crippen LogP contribution >= 0.6 is 0 Å². The van der Waals surface area contributed by atoms with E-state index in [1.54, 1.807) is 12.1 Å². The van der Waals surface area contributed by atoms with Crippen LogP contribution in [-0.2, 0) is 20.0 Å². The number of carbonyl (C=O) groups excluding carboxylic acids is 1. The van der Waals surface area contributed by atoms with E-state index in [1.165, 1.54) is 7.11 Å². The van der Waals surface area contributed by atoms with Crippen LogP contribution in [0.2, 0.25) is 0 Å². The van der Waals surface area contributed by atoms with Crippen molar-refractivity contribution in [3.05, 3.63) is 60.2 Å². The molecule has 6 rings (SSSR count). The van der Waals surface area contributed by atoms with Gasteiger partial charge in [-0.25, -0.2) is 13.2 Å². The lowest BCUT2D eigenvalue weighted by molar-refractivity contribution is 0.0939. The van der Waals surface area contributed by atoms with Crippen molar-refractivity contribution < 1.29 is 17.9 Å². The number of amides is 1. The molecule has 2 heterocycles. The van der Waals surface area contributed by atoms with E-state index in [2.05, 4.69) is 33.3 Å². The minimum Gasteiger partial charge on any atom is -0.453 e. The molecule has 4 aliphatic rings. The van der Waals surface area contributed by atoms with Crippen LogP contribution in [-0.4, -0.2) is 70.5 Å². The molecular weight excluding hydrogens is 548 g/mol. The summed E-state index contributed by atoms with van der Waals surface area (Å²) < 4.78 is 29.9. The number of nitrogens with zero attached hydrogens (tertiary/aromatic N) is 3. The fourth-order valence-electron chi connectivity index (χ4n) is 7.84. The number of hydrogen-bond donors (Lipinski definition) is 1. The minimum atomic E-state index is -3.15. The van der Waals surface area contributed by atoms with E-state index in [4.69, 9.17) is 4.74 Å². The predicted molar refractivity (Wildman–Crippen MR) is 162 cm³/mol. The van der Waals surface area contributed by atoms with Crippen LogP contribution in [0.25, 0.3) is 0 Å². The van der Waals surface area contributed by atoms with Crippen molar-refractivity contribution in [3.8, 4) is 6.07 Å². The maximum absolute atomic E-state index is 12.5. The quantitative estimate of drug-likeness (QED) is 0.449. The topological polar surface area (TPSA) is 103 Å². The summed E-state index contributed by atoms with van der Waals surface area (Å²) in [6.45, 7) is 4.92. The van der Waals surface area contributed by atoms with E-state index in [9.17, 15) is 18.5 Å². The molecule has 0 radical (unpaired) electrons. The van der Waals surface area contributed by atoms with Gasteiger partial charge in [-0.15, -0.1) is 0 Å². The fraction of sp³-hybridized carbons (Fsp3) is 0.576. The summed E-state index contributed by atoms with van der Waals surface area (Å²) in [5, 5.41) is 13.8. The van der Waals surface area contributed by atoms with Gasteiger partial charge in [-0.3, -0.25) is 0 Å². The summed E-state index contributed by atoms with van der Waals surface area (Å²) >= 11 is 0. The third-order valence-electron chi connectivity index (χ3n) is 10.2. The molecule has 224 valence electrons. The Kier molecular flexibility index (Phi) is 8.21. The van der Waals surface area contributed by atoms with Gasteiger partial charge < -0.3 is 19.9 Å². The lowest BCUT2D eigenvalue weighted by Gasteiger charge is -2.48. The number of likely N-dealkylation sites (tertiary alicyclic amines) is 1. The maximum Gasteiger partial charge on any atom is 0.407 e. The lowest BCUT2D eigenvalue weighted by Crippen LogP contribution is -2.55. The van der Waals surface area contributed by atoms with Crippen molar-refractivity contribution >= 4 is 21.6 Å². The average molecular weight is 591 g/mol. The zero-order valence-corrected chi connectivity index (χ0v) is 25.3. The van der Waals surface area contributed by atoms with E-state index in [-0.39, 0.29) is 23.1 Å². The minimum absolute atomic E-state index is 0.0476. The summed E-state index contributed by atoms with van der Waals surface area (Å²) in [7, 11) is -1.75. The molecule has 1 amide bonds. The highest BCUT2D eigenvalue weighted by Gasteiger charge is 2.52. The molecule has 9 heteroatoms. The molecule has 2 aliphatic carbocycles. The van der Waals surface area contributed by atoms with Gasteiger partial charge >= 0.3 is 6.09 Å². The van der Waals surface area contributed by atoms with Crippen molar-refractivity contribution in [3.63, 3.8) is 0 Å². The first kappa shape index (κ1) is 29.0. The number of anilines is 1. The van der Waals surface area contributed by atoms with E-state index < -0.39 is 21.3 Å².